The molecule has 8 aromatic rings. The lowest BCUT2D eigenvalue weighted by Crippen LogP contribution is -2.24. The van der Waals surface area contributed by atoms with Crippen LogP contribution >= 0.6 is 0 Å². The van der Waals surface area contributed by atoms with E-state index in [1.54, 1.807) is 0 Å². The first-order valence-electron chi connectivity index (χ1n) is 19.0. The fraction of sp³-hybridized carbons (Fsp3) is 0.120. The summed E-state index contributed by atoms with van der Waals surface area (Å²) < 4.78 is 4.78. The van der Waals surface area contributed by atoms with Crippen LogP contribution in [0, 0.1) is 5.41 Å². The molecule has 3 atom stereocenters. The Labute approximate surface area is 314 Å². The zero-order chi connectivity index (χ0) is 36.0. The van der Waals surface area contributed by atoms with Crippen molar-refractivity contribution >= 4 is 50.4 Å². The van der Waals surface area contributed by atoms with Crippen LogP contribution in [-0.2, 0) is 0 Å². The smallest absolute Gasteiger partial charge is 0.235 e. The molecule has 0 bridgehead atoms. The van der Waals surface area contributed by atoms with Crippen molar-refractivity contribution in [3.63, 3.8) is 0 Å². The van der Waals surface area contributed by atoms with Crippen molar-refractivity contribution in [2.75, 3.05) is 0 Å². The minimum Gasteiger partial charge on any atom is -0.313 e. The molecule has 0 aliphatic heterocycles. The number of fused-ring (bicyclic) bond motifs is 9. The molecule has 4 nitrogen and oxygen atoms in total. The van der Waals surface area contributed by atoms with Gasteiger partial charge in [-0.15, -0.1) is 0 Å². The molecular formula is C50H38N4. The van der Waals surface area contributed by atoms with Gasteiger partial charge in [0.15, 0.2) is 0 Å². The summed E-state index contributed by atoms with van der Waals surface area (Å²) in [5.41, 5.74) is 14.3. The van der Waals surface area contributed by atoms with E-state index in [4.69, 9.17) is 9.97 Å². The molecule has 3 aliphatic rings. The predicted molar refractivity (Wildman–Crippen MR) is 224 cm³/mol. The highest BCUT2D eigenvalue weighted by molar-refractivity contribution is 6.01. The monoisotopic (exact) mass is 694 g/mol. The van der Waals surface area contributed by atoms with E-state index in [1.165, 1.54) is 49.9 Å². The Morgan fingerprint density at radius 1 is 0.667 bits per heavy atom. The molecule has 0 N–H and O–H groups in total. The van der Waals surface area contributed by atoms with Crippen molar-refractivity contribution < 1.29 is 0 Å². The van der Waals surface area contributed by atoms with E-state index in [-0.39, 0.29) is 11.3 Å². The molecule has 11 rings (SSSR count). The van der Waals surface area contributed by atoms with Crippen molar-refractivity contribution in [2.24, 2.45) is 5.41 Å². The number of hydrogen-bond acceptors (Lipinski definition) is 2. The quantitative estimate of drug-likeness (QED) is 0.184. The first-order chi connectivity index (χ1) is 26.6. The second kappa shape index (κ2) is 11.7. The number of nitrogens with zero attached hydrogens (tertiary/aromatic N) is 4. The van der Waals surface area contributed by atoms with Crippen molar-refractivity contribution in [2.45, 2.75) is 32.1 Å². The Balaban J connectivity index is 1.14. The van der Waals surface area contributed by atoms with Gasteiger partial charge in [-0.05, 0) is 71.7 Å². The molecule has 258 valence electrons. The van der Waals surface area contributed by atoms with Crippen LogP contribution in [0.2, 0.25) is 0 Å². The molecular weight excluding hydrogens is 657 g/mol. The lowest BCUT2D eigenvalue weighted by Gasteiger charge is -2.36. The van der Waals surface area contributed by atoms with Gasteiger partial charge >= 0.3 is 0 Å². The van der Waals surface area contributed by atoms with Gasteiger partial charge in [0.1, 0.15) is 0 Å². The zero-order valence-corrected chi connectivity index (χ0v) is 30.3. The number of rotatable bonds is 4. The summed E-state index contributed by atoms with van der Waals surface area (Å²) >= 11 is 0. The van der Waals surface area contributed by atoms with E-state index >= 15 is 0 Å². The third kappa shape index (κ3) is 4.56. The maximum absolute atomic E-state index is 5.37. The Hall–Kier alpha value is -6.52. The van der Waals surface area contributed by atoms with E-state index in [0.717, 1.165) is 39.8 Å². The van der Waals surface area contributed by atoms with Gasteiger partial charge in [0.05, 0.1) is 27.9 Å². The van der Waals surface area contributed by atoms with Crippen molar-refractivity contribution in [3.8, 4) is 22.9 Å². The topological polar surface area (TPSA) is 35.6 Å². The molecule has 4 heteroatoms. The first-order valence-corrected chi connectivity index (χ1v) is 19.0. The molecule has 0 spiro atoms. The normalized spacial score (nSPS) is 19.9. The minimum absolute atomic E-state index is 0.122. The summed E-state index contributed by atoms with van der Waals surface area (Å²) in [6.45, 7) is 4.73. The molecule has 3 aromatic heterocycles. The first kappa shape index (κ1) is 31.0. The maximum Gasteiger partial charge on any atom is 0.235 e. The molecule has 3 unspecified atom stereocenters. The fourth-order valence-electron chi connectivity index (χ4n) is 9.43. The van der Waals surface area contributed by atoms with Crippen LogP contribution in [0.3, 0.4) is 0 Å². The van der Waals surface area contributed by atoms with Gasteiger partial charge in [-0.1, -0.05) is 135 Å². The zero-order valence-electron chi connectivity index (χ0n) is 30.3. The molecule has 5 aromatic carbocycles. The second-order valence-corrected chi connectivity index (χ2v) is 15.3. The average Bonchev–Trinajstić information content (AvgIpc) is 3.74. The number of benzene rings is 5. The predicted octanol–water partition coefficient (Wildman–Crippen LogP) is 12.5. The highest BCUT2D eigenvalue weighted by Crippen LogP contribution is 2.52. The van der Waals surface area contributed by atoms with Gasteiger partial charge in [0.2, 0.25) is 5.95 Å². The molecule has 0 fully saturated rings. The van der Waals surface area contributed by atoms with Crippen LogP contribution in [-0.4, -0.2) is 19.1 Å². The van der Waals surface area contributed by atoms with E-state index < -0.39 is 0 Å². The summed E-state index contributed by atoms with van der Waals surface area (Å²) in [7, 11) is 0. The van der Waals surface area contributed by atoms with Gasteiger partial charge in [-0.2, -0.15) is 0 Å². The summed E-state index contributed by atoms with van der Waals surface area (Å²) in [6, 6.07) is 45.6. The van der Waals surface area contributed by atoms with Crippen LogP contribution in [0.25, 0.3) is 73.3 Å². The second-order valence-electron chi connectivity index (χ2n) is 15.3. The molecule has 0 saturated carbocycles. The molecule has 0 saturated heterocycles. The molecule has 0 amide bonds. The Morgan fingerprint density at radius 3 is 2.26 bits per heavy atom. The Kier molecular flexibility index (Phi) is 6.75. The van der Waals surface area contributed by atoms with E-state index in [1.807, 2.05) is 0 Å². The SMILES string of the molecule is CC1CC(c2ccc3c(c2)c2c(n3-c3nc(-c4ccccc4)c4ccccc4n3)C=CC3(C)C=CC=CC23)=Cc2c1n(-c1ccccc1)c1ccccc21. The minimum atomic E-state index is -0.122. The van der Waals surface area contributed by atoms with Crippen molar-refractivity contribution in [1.29, 1.82) is 0 Å². The largest absolute Gasteiger partial charge is 0.313 e. The lowest BCUT2D eigenvalue weighted by molar-refractivity contribution is 0.481. The van der Waals surface area contributed by atoms with E-state index in [9.17, 15) is 0 Å². The van der Waals surface area contributed by atoms with Crippen molar-refractivity contribution in [3.05, 3.63) is 186 Å². The van der Waals surface area contributed by atoms with Crippen LogP contribution in [0.4, 0.5) is 0 Å². The van der Waals surface area contributed by atoms with Crippen LogP contribution in [0.1, 0.15) is 60.2 Å². The molecule has 54 heavy (non-hydrogen) atoms. The standard InChI is InChI=1S/C50H38N4/c1-32-29-35(31-39-37-19-10-12-23-43(37)53(48(32)39)36-17-7-4-8-18-36)34-24-25-44-40(30-34)46-41-21-13-14-27-50(41,2)28-26-45(46)54(44)49-51-42-22-11-9-20-38(42)47(52-49)33-15-5-3-6-16-33/h3-28,30-32,41H,29H2,1-2H3. The number of para-hydroxylation sites is 3. The number of allylic oxidation sites excluding steroid dienone is 6. The summed E-state index contributed by atoms with van der Waals surface area (Å²) in [5, 5.41) is 3.61. The van der Waals surface area contributed by atoms with Crippen molar-refractivity contribution in [1.82, 2.24) is 19.1 Å². The molecule has 3 aliphatic carbocycles. The molecule has 3 heterocycles. The highest BCUT2D eigenvalue weighted by Gasteiger charge is 2.38. The number of hydrogen-bond donors (Lipinski definition) is 0. The van der Waals surface area contributed by atoms with Crippen LogP contribution < -0.4 is 0 Å². The van der Waals surface area contributed by atoms with Crippen LogP contribution in [0.15, 0.2) is 158 Å². The van der Waals surface area contributed by atoms with Gasteiger partial charge in [0, 0.05) is 55.9 Å². The van der Waals surface area contributed by atoms with E-state index in [2.05, 4.69) is 193 Å². The summed E-state index contributed by atoms with van der Waals surface area (Å²) in [4.78, 5) is 10.6. The molecule has 0 radical (unpaired) electrons. The third-order valence-corrected chi connectivity index (χ3v) is 12.0. The number of aromatic nitrogens is 4. The third-order valence-electron chi connectivity index (χ3n) is 12.0. The van der Waals surface area contributed by atoms with E-state index in [0.29, 0.717) is 11.9 Å². The summed E-state index contributed by atoms with van der Waals surface area (Å²) in [6.07, 6.45) is 17.2. The van der Waals surface area contributed by atoms with Gasteiger partial charge in [-0.3, -0.25) is 4.57 Å². The van der Waals surface area contributed by atoms with Crippen LogP contribution in [0.5, 0.6) is 0 Å². The Morgan fingerprint density at radius 2 is 1.41 bits per heavy atom. The van der Waals surface area contributed by atoms with Gasteiger partial charge in [-0.25, -0.2) is 9.97 Å². The summed E-state index contributed by atoms with van der Waals surface area (Å²) in [5.74, 6) is 1.21. The Bertz CT molecular complexity index is 2940. The van der Waals surface area contributed by atoms with Gasteiger partial charge in [0.25, 0.3) is 0 Å². The lowest BCUT2D eigenvalue weighted by atomic mass is 9.67. The fourth-order valence-corrected chi connectivity index (χ4v) is 9.43. The highest BCUT2D eigenvalue weighted by atomic mass is 15.2. The average molecular weight is 695 g/mol. The maximum atomic E-state index is 5.37. The van der Waals surface area contributed by atoms with Gasteiger partial charge < -0.3 is 4.57 Å².